The molecule has 2 heteroatoms. The molecule has 0 unspecified atom stereocenters. The fraction of sp³-hybridized carbons (Fsp3) is 0.222. The minimum Gasteiger partial charge on any atom is -0.253 e. The number of nitrogens with zero attached hydrogens (tertiary/aromatic N) is 2. The van der Waals surface area contributed by atoms with E-state index < -0.39 is 0 Å². The van der Waals surface area contributed by atoms with Gasteiger partial charge in [-0.15, -0.1) is 0 Å². The predicted molar refractivity (Wildman–Crippen MR) is 87.8 cm³/mol. The van der Waals surface area contributed by atoms with Crippen LogP contribution in [0.4, 0.5) is 0 Å². The Balaban J connectivity index is 0.000000704. The molecule has 0 atom stereocenters. The predicted octanol–water partition coefficient (Wildman–Crippen LogP) is 5.15. The van der Waals surface area contributed by atoms with Crippen molar-refractivity contribution in [3.05, 3.63) is 53.9 Å². The van der Waals surface area contributed by atoms with E-state index in [1.165, 1.54) is 21.9 Å². The molecule has 3 rings (SSSR count). The molecule has 0 N–H and O–H groups in total. The Kier molecular flexibility index (Phi) is 4.46. The normalized spacial score (nSPS) is 10.8. The summed E-state index contributed by atoms with van der Waals surface area (Å²) in [7, 11) is 0. The molecule has 0 fully saturated rings. The van der Waals surface area contributed by atoms with Crippen LogP contribution in [0, 0.1) is 6.92 Å². The summed E-state index contributed by atoms with van der Waals surface area (Å²) in [5.74, 6) is 0. The maximum Gasteiger partial charge on any atom is 0.0968 e. The van der Waals surface area contributed by atoms with Crippen LogP contribution in [-0.2, 0) is 0 Å². The molecule has 0 saturated heterocycles. The molecule has 0 spiro atoms. The second kappa shape index (κ2) is 6.29. The van der Waals surface area contributed by atoms with E-state index in [2.05, 4.69) is 47.2 Å². The van der Waals surface area contributed by atoms with Crippen LogP contribution in [0.1, 0.15) is 31.9 Å². The number of fused-ring (bicyclic) bond motifs is 3. The van der Waals surface area contributed by atoms with Gasteiger partial charge in [0.2, 0.25) is 0 Å². The summed E-state index contributed by atoms with van der Waals surface area (Å²) < 4.78 is 0. The average molecular weight is 264 g/mol. The second-order valence-corrected chi connectivity index (χ2v) is 4.34. The summed E-state index contributed by atoms with van der Waals surface area (Å²) in [4.78, 5) is 8.96. The van der Waals surface area contributed by atoms with Gasteiger partial charge in [0, 0.05) is 17.8 Å². The minimum atomic E-state index is 0.985. The molecule has 0 amide bonds. The number of allylic oxidation sites excluding steroid dienone is 1. The van der Waals surface area contributed by atoms with Crippen molar-refractivity contribution in [3.63, 3.8) is 0 Å². The van der Waals surface area contributed by atoms with Crippen molar-refractivity contribution in [2.75, 3.05) is 0 Å². The molecule has 0 aliphatic rings. The monoisotopic (exact) mass is 264 g/mol. The molecule has 0 radical (unpaired) electrons. The summed E-state index contributed by atoms with van der Waals surface area (Å²) in [6.45, 7) is 8.15. The van der Waals surface area contributed by atoms with Gasteiger partial charge in [0.05, 0.1) is 11.0 Å². The van der Waals surface area contributed by atoms with Crippen molar-refractivity contribution in [2.24, 2.45) is 0 Å². The van der Waals surface area contributed by atoms with Crippen molar-refractivity contribution in [1.29, 1.82) is 0 Å². The maximum atomic E-state index is 4.48. The highest BCUT2D eigenvalue weighted by molar-refractivity contribution is 6.09. The highest BCUT2D eigenvalue weighted by Gasteiger charge is 2.10. The van der Waals surface area contributed by atoms with Crippen LogP contribution in [0.5, 0.6) is 0 Å². The van der Waals surface area contributed by atoms with Crippen LogP contribution in [0.2, 0.25) is 0 Å². The molecule has 3 aromatic rings. The van der Waals surface area contributed by atoms with Crippen molar-refractivity contribution in [2.45, 2.75) is 27.7 Å². The fourth-order valence-electron chi connectivity index (χ4n) is 2.45. The van der Waals surface area contributed by atoms with Crippen LogP contribution in [0.25, 0.3) is 27.9 Å². The van der Waals surface area contributed by atoms with Gasteiger partial charge >= 0.3 is 0 Å². The topological polar surface area (TPSA) is 25.8 Å². The first-order valence-corrected chi connectivity index (χ1v) is 7.07. The quantitative estimate of drug-likeness (QED) is 0.568. The molecule has 102 valence electrons. The van der Waals surface area contributed by atoms with E-state index >= 15 is 0 Å². The highest BCUT2D eigenvalue weighted by atomic mass is 14.8. The van der Waals surface area contributed by atoms with Crippen LogP contribution < -0.4 is 0 Å². The summed E-state index contributed by atoms with van der Waals surface area (Å²) in [5.41, 5.74) is 4.40. The smallest absolute Gasteiger partial charge is 0.0968 e. The largest absolute Gasteiger partial charge is 0.253 e. The van der Waals surface area contributed by atoms with Crippen LogP contribution in [0.15, 0.2) is 42.7 Å². The van der Waals surface area contributed by atoms with Crippen molar-refractivity contribution in [3.8, 4) is 0 Å². The number of benzene rings is 2. The van der Waals surface area contributed by atoms with Crippen molar-refractivity contribution < 1.29 is 0 Å². The lowest BCUT2D eigenvalue weighted by atomic mass is 9.97. The molecule has 1 aromatic heterocycles. The summed E-state index contributed by atoms with van der Waals surface area (Å²) in [5, 5.41) is 2.40. The first-order valence-electron chi connectivity index (χ1n) is 7.07. The third-order valence-corrected chi connectivity index (χ3v) is 3.26. The number of hydrogen-bond acceptors (Lipinski definition) is 2. The van der Waals surface area contributed by atoms with Gasteiger partial charge in [-0.3, -0.25) is 9.97 Å². The average Bonchev–Trinajstić information content (AvgIpc) is 2.53. The van der Waals surface area contributed by atoms with Gasteiger partial charge in [-0.25, -0.2) is 0 Å². The van der Waals surface area contributed by atoms with Gasteiger partial charge in [0.15, 0.2) is 0 Å². The minimum absolute atomic E-state index is 0.985. The van der Waals surface area contributed by atoms with E-state index in [0.717, 1.165) is 11.0 Å². The van der Waals surface area contributed by atoms with Crippen LogP contribution in [0.3, 0.4) is 0 Å². The van der Waals surface area contributed by atoms with Gasteiger partial charge < -0.3 is 0 Å². The fourth-order valence-corrected chi connectivity index (χ4v) is 2.45. The standard InChI is InChI=1S/C16H14N2.C2H6/c1-3-6-12-11(2)15-16(18-10-9-17-15)14-8-5-4-7-13(12)14;1-2/h3-10H,1-2H3;1-2H3/b6-3-;. The van der Waals surface area contributed by atoms with Gasteiger partial charge in [-0.05, 0) is 30.4 Å². The van der Waals surface area contributed by atoms with Gasteiger partial charge in [-0.2, -0.15) is 0 Å². The number of rotatable bonds is 1. The summed E-state index contributed by atoms with van der Waals surface area (Å²) in [6.07, 6.45) is 7.72. The second-order valence-electron chi connectivity index (χ2n) is 4.34. The third-order valence-electron chi connectivity index (χ3n) is 3.26. The Morgan fingerprint density at radius 1 is 0.900 bits per heavy atom. The molecule has 20 heavy (non-hydrogen) atoms. The molecule has 0 aliphatic heterocycles. The van der Waals surface area contributed by atoms with Gasteiger partial charge in [-0.1, -0.05) is 50.3 Å². The Morgan fingerprint density at radius 2 is 1.50 bits per heavy atom. The molecule has 1 heterocycles. The zero-order valence-electron chi connectivity index (χ0n) is 12.5. The van der Waals surface area contributed by atoms with Gasteiger partial charge in [0.25, 0.3) is 0 Å². The Labute approximate surface area is 120 Å². The number of aromatic nitrogens is 2. The van der Waals surface area contributed by atoms with Crippen LogP contribution >= 0.6 is 0 Å². The first kappa shape index (κ1) is 14.2. The summed E-state index contributed by atoms with van der Waals surface area (Å²) in [6, 6.07) is 8.37. The SMILES string of the molecule is C/C=C\c1c(C)c2nccnc2c2ccccc12.CC. The zero-order chi connectivity index (χ0) is 14.5. The molecule has 2 aromatic carbocycles. The van der Waals surface area contributed by atoms with E-state index in [-0.39, 0.29) is 0 Å². The molecule has 0 aliphatic carbocycles. The van der Waals surface area contributed by atoms with Crippen molar-refractivity contribution in [1.82, 2.24) is 9.97 Å². The lowest BCUT2D eigenvalue weighted by Crippen LogP contribution is -1.92. The molecular formula is C18H20N2. The van der Waals surface area contributed by atoms with Crippen molar-refractivity contribution >= 4 is 27.9 Å². The Morgan fingerprint density at radius 3 is 2.15 bits per heavy atom. The van der Waals surface area contributed by atoms with E-state index in [9.17, 15) is 0 Å². The maximum absolute atomic E-state index is 4.48. The Bertz CT molecular complexity index is 758. The molecule has 0 saturated carbocycles. The molecular weight excluding hydrogens is 244 g/mol. The zero-order valence-corrected chi connectivity index (χ0v) is 12.5. The number of aryl methyl sites for hydroxylation is 1. The van der Waals surface area contributed by atoms with E-state index in [4.69, 9.17) is 0 Å². The van der Waals surface area contributed by atoms with E-state index in [1.54, 1.807) is 12.4 Å². The van der Waals surface area contributed by atoms with E-state index in [0.29, 0.717) is 0 Å². The van der Waals surface area contributed by atoms with Gasteiger partial charge in [0.1, 0.15) is 0 Å². The molecule has 2 nitrogen and oxygen atoms in total. The van der Waals surface area contributed by atoms with E-state index in [1.807, 2.05) is 26.8 Å². The third kappa shape index (κ3) is 2.29. The highest BCUT2D eigenvalue weighted by Crippen LogP contribution is 2.30. The lowest BCUT2D eigenvalue weighted by Gasteiger charge is -2.10. The lowest BCUT2D eigenvalue weighted by molar-refractivity contribution is 1.28. The van der Waals surface area contributed by atoms with Crippen LogP contribution in [-0.4, -0.2) is 9.97 Å². The number of hydrogen-bond donors (Lipinski definition) is 0. The Hall–Kier alpha value is -2.22. The first-order chi connectivity index (χ1) is 9.83. The summed E-state index contributed by atoms with van der Waals surface area (Å²) >= 11 is 0. The molecule has 0 bridgehead atoms.